The summed E-state index contributed by atoms with van der Waals surface area (Å²) in [5.74, 6) is -0.458. The predicted molar refractivity (Wildman–Crippen MR) is 55.9 cm³/mol. The largest absolute Gasteiger partial charge is 0.390 e. The molecule has 0 spiro atoms. The molecule has 1 aliphatic heterocycles. The summed E-state index contributed by atoms with van der Waals surface area (Å²) in [6.07, 6.45) is -0.587. The zero-order chi connectivity index (χ0) is 11.9. The van der Waals surface area contributed by atoms with E-state index in [1.54, 1.807) is 6.92 Å². The van der Waals surface area contributed by atoms with Crippen molar-refractivity contribution in [2.75, 3.05) is 13.1 Å². The van der Waals surface area contributed by atoms with E-state index in [2.05, 4.69) is 0 Å². The van der Waals surface area contributed by atoms with E-state index >= 15 is 0 Å². The van der Waals surface area contributed by atoms with E-state index in [0.717, 1.165) is 6.07 Å². The van der Waals surface area contributed by atoms with E-state index in [1.807, 2.05) is 0 Å². The molecule has 1 fully saturated rings. The van der Waals surface area contributed by atoms with Gasteiger partial charge in [0.1, 0.15) is 5.82 Å². The molecule has 88 valence electrons. The van der Waals surface area contributed by atoms with Gasteiger partial charge in [0.15, 0.2) is 0 Å². The van der Waals surface area contributed by atoms with Gasteiger partial charge < -0.3 is 5.11 Å². The highest BCUT2D eigenvalue weighted by Gasteiger charge is 2.36. The maximum absolute atomic E-state index is 12.8. The lowest BCUT2D eigenvalue weighted by molar-refractivity contribution is 0.0547. The molecule has 0 radical (unpaired) electrons. The molecular formula is C10H12FNO3S. The first-order chi connectivity index (χ1) is 7.41. The fourth-order valence-electron chi connectivity index (χ4n) is 1.65. The molecule has 0 unspecified atom stereocenters. The average molecular weight is 245 g/mol. The Hall–Kier alpha value is -0.980. The number of aliphatic hydroxyl groups is 1. The van der Waals surface area contributed by atoms with E-state index in [-0.39, 0.29) is 18.0 Å². The molecule has 0 aromatic heterocycles. The predicted octanol–water partition coefficient (Wildman–Crippen LogP) is 0.499. The molecule has 0 amide bonds. The number of rotatable bonds is 2. The SMILES string of the molecule is Cc1cc(F)ccc1S(=O)(=O)N1CC(O)C1. The Labute approximate surface area is 93.4 Å². The minimum atomic E-state index is -3.58. The normalized spacial score (nSPS) is 18.4. The first kappa shape index (κ1) is 11.5. The monoisotopic (exact) mass is 245 g/mol. The average Bonchev–Trinajstić information content (AvgIpc) is 2.12. The third kappa shape index (κ3) is 1.83. The van der Waals surface area contributed by atoms with Crippen molar-refractivity contribution in [2.45, 2.75) is 17.9 Å². The first-order valence-corrected chi connectivity index (χ1v) is 6.29. The maximum atomic E-state index is 12.8. The van der Waals surface area contributed by atoms with Gasteiger partial charge in [-0.2, -0.15) is 4.31 Å². The van der Waals surface area contributed by atoms with Gasteiger partial charge in [-0.25, -0.2) is 12.8 Å². The van der Waals surface area contributed by atoms with Gasteiger partial charge in [-0.1, -0.05) is 0 Å². The molecule has 0 aliphatic carbocycles. The van der Waals surface area contributed by atoms with Gasteiger partial charge in [0.2, 0.25) is 10.0 Å². The van der Waals surface area contributed by atoms with Gasteiger partial charge in [-0.05, 0) is 30.7 Å². The lowest BCUT2D eigenvalue weighted by atomic mass is 10.2. The zero-order valence-electron chi connectivity index (χ0n) is 8.72. The van der Waals surface area contributed by atoms with Gasteiger partial charge in [0.05, 0.1) is 11.0 Å². The van der Waals surface area contributed by atoms with Crippen LogP contribution in [0.5, 0.6) is 0 Å². The van der Waals surface area contributed by atoms with Crippen LogP contribution in [-0.4, -0.2) is 37.0 Å². The summed E-state index contributed by atoms with van der Waals surface area (Å²) in [5.41, 5.74) is 0.376. The molecule has 1 N–H and O–H groups in total. The molecule has 6 heteroatoms. The Balaban J connectivity index is 2.36. The second kappa shape index (κ2) is 3.80. The van der Waals surface area contributed by atoms with Crippen molar-refractivity contribution in [1.29, 1.82) is 0 Å². The third-order valence-electron chi connectivity index (χ3n) is 2.58. The Morgan fingerprint density at radius 2 is 2.06 bits per heavy atom. The van der Waals surface area contributed by atoms with Crippen LogP contribution in [0.25, 0.3) is 0 Å². The summed E-state index contributed by atoms with van der Waals surface area (Å²) in [5, 5.41) is 9.08. The van der Waals surface area contributed by atoms with Crippen LogP contribution < -0.4 is 0 Å². The molecule has 1 aromatic rings. The maximum Gasteiger partial charge on any atom is 0.243 e. The van der Waals surface area contributed by atoms with E-state index in [0.29, 0.717) is 5.56 Å². The van der Waals surface area contributed by atoms with E-state index in [9.17, 15) is 12.8 Å². The van der Waals surface area contributed by atoms with Gasteiger partial charge in [0.25, 0.3) is 0 Å². The Morgan fingerprint density at radius 3 is 2.56 bits per heavy atom. The lowest BCUT2D eigenvalue weighted by Gasteiger charge is -2.34. The lowest BCUT2D eigenvalue weighted by Crippen LogP contribution is -2.53. The molecule has 2 rings (SSSR count). The van der Waals surface area contributed by atoms with E-state index < -0.39 is 21.9 Å². The zero-order valence-corrected chi connectivity index (χ0v) is 9.54. The van der Waals surface area contributed by atoms with Crippen molar-refractivity contribution in [3.8, 4) is 0 Å². The number of aliphatic hydroxyl groups excluding tert-OH is 1. The molecular weight excluding hydrogens is 233 g/mol. The van der Waals surface area contributed by atoms with Crippen molar-refractivity contribution in [1.82, 2.24) is 4.31 Å². The van der Waals surface area contributed by atoms with Crippen LogP contribution in [0.2, 0.25) is 0 Å². The Morgan fingerprint density at radius 1 is 1.44 bits per heavy atom. The van der Waals surface area contributed by atoms with Crippen molar-refractivity contribution < 1.29 is 17.9 Å². The van der Waals surface area contributed by atoms with E-state index in [4.69, 9.17) is 5.11 Å². The fourth-order valence-corrected chi connectivity index (χ4v) is 3.37. The van der Waals surface area contributed by atoms with Crippen LogP contribution in [0.15, 0.2) is 23.1 Å². The van der Waals surface area contributed by atoms with Crippen molar-refractivity contribution in [3.05, 3.63) is 29.6 Å². The molecule has 16 heavy (non-hydrogen) atoms. The number of hydrogen-bond acceptors (Lipinski definition) is 3. The number of β-amino-alcohol motifs (C(OH)–C–C–N with tert-alkyl or cyclic N) is 1. The van der Waals surface area contributed by atoms with Crippen molar-refractivity contribution in [2.24, 2.45) is 0 Å². The topological polar surface area (TPSA) is 57.6 Å². The molecule has 0 atom stereocenters. The van der Waals surface area contributed by atoms with Gasteiger partial charge in [-0.15, -0.1) is 0 Å². The Kier molecular flexibility index (Phi) is 2.73. The Bertz CT molecular complexity index is 509. The number of benzene rings is 1. The smallest absolute Gasteiger partial charge is 0.243 e. The molecule has 1 aromatic carbocycles. The molecule has 1 saturated heterocycles. The molecule has 1 aliphatic rings. The van der Waals surface area contributed by atoms with Crippen molar-refractivity contribution >= 4 is 10.0 Å². The van der Waals surface area contributed by atoms with Crippen LogP contribution in [0, 0.1) is 12.7 Å². The van der Waals surface area contributed by atoms with Gasteiger partial charge in [0, 0.05) is 13.1 Å². The summed E-state index contributed by atoms with van der Waals surface area (Å²) in [6, 6.07) is 3.56. The highest BCUT2D eigenvalue weighted by Crippen LogP contribution is 2.24. The number of hydrogen-bond donors (Lipinski definition) is 1. The second-order valence-corrected chi connectivity index (χ2v) is 5.79. The number of sulfonamides is 1. The molecule has 4 nitrogen and oxygen atoms in total. The molecule has 0 saturated carbocycles. The minimum absolute atomic E-state index is 0.0980. The quantitative estimate of drug-likeness (QED) is 0.825. The van der Waals surface area contributed by atoms with Crippen LogP contribution in [-0.2, 0) is 10.0 Å². The second-order valence-electron chi connectivity index (χ2n) is 3.89. The molecule has 0 bridgehead atoms. The minimum Gasteiger partial charge on any atom is -0.390 e. The van der Waals surface area contributed by atoms with Crippen LogP contribution >= 0.6 is 0 Å². The first-order valence-electron chi connectivity index (χ1n) is 4.85. The van der Waals surface area contributed by atoms with E-state index in [1.165, 1.54) is 16.4 Å². The van der Waals surface area contributed by atoms with Crippen LogP contribution in [0.1, 0.15) is 5.56 Å². The number of aryl methyl sites for hydroxylation is 1. The molecule has 1 heterocycles. The highest BCUT2D eigenvalue weighted by atomic mass is 32.2. The van der Waals surface area contributed by atoms with Gasteiger partial charge in [-0.3, -0.25) is 0 Å². The standard InChI is InChI=1S/C10H12FNO3S/c1-7-4-8(11)2-3-10(7)16(14,15)12-5-9(13)6-12/h2-4,9,13H,5-6H2,1H3. The summed E-state index contributed by atoms with van der Waals surface area (Å²) in [4.78, 5) is 0.0980. The van der Waals surface area contributed by atoms with Crippen LogP contribution in [0.4, 0.5) is 4.39 Å². The highest BCUT2D eigenvalue weighted by molar-refractivity contribution is 7.89. The summed E-state index contributed by atoms with van der Waals surface area (Å²) in [6.45, 7) is 1.77. The summed E-state index contributed by atoms with van der Waals surface area (Å²) in [7, 11) is -3.58. The number of halogens is 1. The van der Waals surface area contributed by atoms with Crippen LogP contribution in [0.3, 0.4) is 0 Å². The summed E-state index contributed by atoms with van der Waals surface area (Å²) >= 11 is 0. The fraction of sp³-hybridized carbons (Fsp3) is 0.400. The summed E-state index contributed by atoms with van der Waals surface area (Å²) < 4.78 is 38.0. The van der Waals surface area contributed by atoms with Crippen molar-refractivity contribution in [3.63, 3.8) is 0 Å². The third-order valence-corrected chi connectivity index (χ3v) is 4.58. The van der Waals surface area contributed by atoms with Gasteiger partial charge >= 0.3 is 0 Å². The number of nitrogens with zero attached hydrogens (tertiary/aromatic N) is 1.